The van der Waals surface area contributed by atoms with Gasteiger partial charge in [0, 0.05) is 17.5 Å². The summed E-state index contributed by atoms with van der Waals surface area (Å²) in [4.78, 5) is 2.80. The van der Waals surface area contributed by atoms with Crippen molar-refractivity contribution in [1.82, 2.24) is 5.32 Å². The summed E-state index contributed by atoms with van der Waals surface area (Å²) in [5.41, 5.74) is 9.70. The Balaban J connectivity index is 1.85. The molecule has 2 N–H and O–H groups in total. The van der Waals surface area contributed by atoms with E-state index in [2.05, 4.69) is 27.5 Å². The van der Waals surface area contributed by atoms with Crippen LogP contribution in [0, 0.1) is 0 Å². The molecule has 0 aromatic heterocycles. The van der Waals surface area contributed by atoms with Crippen LogP contribution in [0.25, 0.3) is 10.4 Å². The fourth-order valence-corrected chi connectivity index (χ4v) is 2.36. The maximum atomic E-state index is 9.71. The van der Waals surface area contributed by atoms with E-state index >= 15 is 0 Å². The molecule has 0 saturated heterocycles. The fourth-order valence-electron chi connectivity index (χ4n) is 2.36. The minimum Gasteiger partial charge on any atom is -0.393 e. The lowest BCUT2D eigenvalue weighted by molar-refractivity contribution is 0.0948. The van der Waals surface area contributed by atoms with Gasteiger partial charge in [0.1, 0.15) is 0 Å². The van der Waals surface area contributed by atoms with E-state index in [9.17, 15) is 5.11 Å². The molecule has 96 valence electrons. The van der Waals surface area contributed by atoms with Gasteiger partial charge in [-0.3, -0.25) is 0 Å². The van der Waals surface area contributed by atoms with Crippen LogP contribution in [-0.2, 0) is 6.54 Å². The van der Waals surface area contributed by atoms with Gasteiger partial charge in [0.05, 0.1) is 12.1 Å². The first-order valence-corrected chi connectivity index (χ1v) is 6.29. The van der Waals surface area contributed by atoms with E-state index in [1.54, 1.807) is 0 Å². The van der Waals surface area contributed by atoms with E-state index < -0.39 is 6.10 Å². The zero-order valence-electron chi connectivity index (χ0n) is 10.2. The average molecular weight is 246 g/mol. The lowest BCUT2D eigenvalue weighted by Gasteiger charge is -2.31. The van der Waals surface area contributed by atoms with Crippen LogP contribution in [0.2, 0.25) is 0 Å². The Morgan fingerprint density at radius 3 is 2.83 bits per heavy atom. The Hall–Kier alpha value is -1.55. The van der Waals surface area contributed by atoms with Crippen molar-refractivity contribution in [3.05, 3.63) is 46.3 Å². The first-order chi connectivity index (χ1) is 8.79. The zero-order valence-corrected chi connectivity index (χ0v) is 10.2. The third-order valence-electron chi connectivity index (χ3n) is 3.42. The van der Waals surface area contributed by atoms with Crippen LogP contribution in [0.4, 0.5) is 0 Å². The highest BCUT2D eigenvalue weighted by atomic mass is 16.3. The van der Waals surface area contributed by atoms with E-state index in [0.717, 1.165) is 13.0 Å². The number of azide groups is 1. The molecule has 0 bridgehead atoms. The maximum absolute atomic E-state index is 9.71. The molecule has 5 heteroatoms. The van der Waals surface area contributed by atoms with Gasteiger partial charge in [0.25, 0.3) is 0 Å². The lowest BCUT2D eigenvalue weighted by Crippen LogP contribution is -2.41. The van der Waals surface area contributed by atoms with Gasteiger partial charge in [-0.25, -0.2) is 0 Å². The molecule has 0 aliphatic heterocycles. The summed E-state index contributed by atoms with van der Waals surface area (Å²) in [6, 6.07) is 10.2. The highest BCUT2D eigenvalue weighted by Crippen LogP contribution is 2.22. The summed E-state index contributed by atoms with van der Waals surface area (Å²) in [6.45, 7) is 0.810. The van der Waals surface area contributed by atoms with Crippen LogP contribution in [0.1, 0.15) is 24.8 Å². The number of nitrogens with zero attached hydrogens (tertiary/aromatic N) is 3. The van der Waals surface area contributed by atoms with E-state index in [4.69, 9.17) is 5.53 Å². The Morgan fingerprint density at radius 1 is 1.33 bits per heavy atom. The van der Waals surface area contributed by atoms with Gasteiger partial charge in [-0.1, -0.05) is 35.4 Å². The fraction of sp³-hybridized carbons (Fsp3) is 0.538. The summed E-state index contributed by atoms with van der Waals surface area (Å²) in [7, 11) is 0. The predicted octanol–water partition coefficient (Wildman–Crippen LogP) is 2.37. The zero-order chi connectivity index (χ0) is 12.8. The summed E-state index contributed by atoms with van der Waals surface area (Å²) >= 11 is 0. The van der Waals surface area contributed by atoms with Crippen molar-refractivity contribution in [3.63, 3.8) is 0 Å². The Labute approximate surface area is 106 Å². The standard InChI is InChI=1S/C13H18N4O/c14-17-16-12-8-11(6-7-13(12)18)15-9-10-4-2-1-3-5-10/h1-5,11-13,15,18H,6-9H2/t11-,12+,13+/m1/s1. The van der Waals surface area contributed by atoms with Crippen LogP contribution >= 0.6 is 0 Å². The molecule has 1 aromatic rings. The van der Waals surface area contributed by atoms with Gasteiger partial charge >= 0.3 is 0 Å². The van der Waals surface area contributed by atoms with Gasteiger partial charge < -0.3 is 10.4 Å². The van der Waals surface area contributed by atoms with Crippen molar-refractivity contribution >= 4 is 0 Å². The van der Waals surface area contributed by atoms with Gasteiger partial charge in [-0.05, 0) is 30.4 Å². The van der Waals surface area contributed by atoms with Crippen molar-refractivity contribution in [2.75, 3.05) is 0 Å². The monoisotopic (exact) mass is 246 g/mol. The third-order valence-corrected chi connectivity index (χ3v) is 3.42. The summed E-state index contributed by atoms with van der Waals surface area (Å²) in [5, 5.41) is 16.8. The molecular weight excluding hydrogens is 228 g/mol. The van der Waals surface area contributed by atoms with Crippen molar-refractivity contribution < 1.29 is 5.11 Å². The number of nitrogens with one attached hydrogen (secondary N) is 1. The lowest BCUT2D eigenvalue weighted by atomic mass is 9.89. The highest BCUT2D eigenvalue weighted by Gasteiger charge is 2.27. The van der Waals surface area contributed by atoms with Crippen molar-refractivity contribution in [3.8, 4) is 0 Å². The smallest absolute Gasteiger partial charge is 0.0648 e. The van der Waals surface area contributed by atoms with Crippen LogP contribution in [-0.4, -0.2) is 23.3 Å². The van der Waals surface area contributed by atoms with E-state index in [1.807, 2.05) is 18.2 Å². The minimum absolute atomic E-state index is 0.294. The minimum atomic E-state index is -0.490. The summed E-state index contributed by atoms with van der Waals surface area (Å²) in [5.74, 6) is 0. The molecule has 1 aliphatic carbocycles. The molecule has 3 atom stereocenters. The summed E-state index contributed by atoms with van der Waals surface area (Å²) < 4.78 is 0. The number of aliphatic hydroxyl groups is 1. The quantitative estimate of drug-likeness (QED) is 0.486. The maximum Gasteiger partial charge on any atom is 0.0648 e. The highest BCUT2D eigenvalue weighted by molar-refractivity contribution is 5.14. The molecule has 1 saturated carbocycles. The molecular formula is C13H18N4O. The number of aliphatic hydroxyl groups excluding tert-OH is 1. The first-order valence-electron chi connectivity index (χ1n) is 6.29. The molecule has 0 spiro atoms. The SMILES string of the molecule is [N-]=[N+]=N[C@H]1C[C@H](NCc2ccccc2)CC[C@@H]1O. The summed E-state index contributed by atoms with van der Waals surface area (Å²) in [6.07, 6.45) is 1.83. The largest absolute Gasteiger partial charge is 0.393 e. The Bertz CT molecular complexity index is 416. The van der Waals surface area contributed by atoms with Crippen molar-refractivity contribution in [1.29, 1.82) is 0 Å². The second kappa shape index (κ2) is 6.40. The third kappa shape index (κ3) is 3.47. The van der Waals surface area contributed by atoms with Gasteiger partial charge in [-0.2, -0.15) is 0 Å². The second-order valence-corrected chi connectivity index (χ2v) is 4.72. The molecule has 2 rings (SSSR count). The number of benzene rings is 1. The molecule has 18 heavy (non-hydrogen) atoms. The molecule has 1 aromatic carbocycles. The number of hydrogen-bond donors (Lipinski definition) is 2. The molecule has 1 aliphatic rings. The van der Waals surface area contributed by atoms with Gasteiger partial charge in [0.2, 0.25) is 0 Å². The number of hydrogen-bond acceptors (Lipinski definition) is 3. The van der Waals surface area contributed by atoms with E-state index in [0.29, 0.717) is 18.9 Å². The topological polar surface area (TPSA) is 81.0 Å². The van der Waals surface area contributed by atoms with Gasteiger partial charge in [0.15, 0.2) is 0 Å². The molecule has 0 heterocycles. The molecule has 0 radical (unpaired) electrons. The van der Waals surface area contributed by atoms with Gasteiger partial charge in [-0.15, -0.1) is 0 Å². The molecule has 1 fully saturated rings. The Morgan fingerprint density at radius 2 is 2.11 bits per heavy atom. The van der Waals surface area contributed by atoms with Crippen molar-refractivity contribution in [2.45, 2.75) is 44.0 Å². The van der Waals surface area contributed by atoms with Crippen LogP contribution in [0.5, 0.6) is 0 Å². The van der Waals surface area contributed by atoms with Crippen LogP contribution in [0.15, 0.2) is 35.4 Å². The molecule has 5 nitrogen and oxygen atoms in total. The van der Waals surface area contributed by atoms with Crippen LogP contribution in [0.3, 0.4) is 0 Å². The van der Waals surface area contributed by atoms with E-state index in [1.165, 1.54) is 5.56 Å². The van der Waals surface area contributed by atoms with Crippen molar-refractivity contribution in [2.24, 2.45) is 5.11 Å². The van der Waals surface area contributed by atoms with E-state index in [-0.39, 0.29) is 6.04 Å². The predicted molar refractivity (Wildman–Crippen MR) is 69.9 cm³/mol. The Kier molecular flexibility index (Phi) is 4.59. The average Bonchev–Trinajstić information content (AvgIpc) is 2.41. The first kappa shape index (κ1) is 12.9. The normalized spacial score (nSPS) is 27.5. The molecule has 0 amide bonds. The second-order valence-electron chi connectivity index (χ2n) is 4.72. The van der Waals surface area contributed by atoms with Crippen LogP contribution < -0.4 is 5.32 Å². The molecule has 0 unspecified atom stereocenters. The number of rotatable bonds is 4.